The highest BCUT2D eigenvalue weighted by Crippen LogP contribution is 2.30. The number of hydrogen-bond acceptors (Lipinski definition) is 5. The highest BCUT2D eigenvalue weighted by molar-refractivity contribution is 5.90. The molecule has 2 aromatic carbocycles. The lowest BCUT2D eigenvalue weighted by molar-refractivity contribution is -0.142. The lowest BCUT2D eigenvalue weighted by atomic mass is 9.98. The van der Waals surface area contributed by atoms with E-state index in [1.54, 1.807) is 0 Å². The van der Waals surface area contributed by atoms with Gasteiger partial charge in [0, 0.05) is 19.0 Å². The van der Waals surface area contributed by atoms with Gasteiger partial charge in [-0.05, 0) is 16.3 Å². The van der Waals surface area contributed by atoms with Gasteiger partial charge in [0.25, 0.3) is 0 Å². The van der Waals surface area contributed by atoms with Gasteiger partial charge in [-0.25, -0.2) is 23.5 Å². The number of benzene rings is 2. The molecule has 4 rings (SSSR count). The van der Waals surface area contributed by atoms with Gasteiger partial charge < -0.3 is 10.1 Å². The molecule has 1 aliphatic rings. The van der Waals surface area contributed by atoms with Gasteiger partial charge >= 0.3 is 17.3 Å². The Morgan fingerprint density at radius 3 is 2.55 bits per heavy atom. The molecular weight excluding hydrogens is 376 g/mol. The van der Waals surface area contributed by atoms with Crippen LogP contribution in [-0.2, 0) is 27.9 Å². The average molecular weight is 396 g/mol. The topological polar surface area (TPSA) is 104 Å². The van der Waals surface area contributed by atoms with E-state index in [1.165, 1.54) is 23.5 Å². The summed E-state index contributed by atoms with van der Waals surface area (Å²) in [6.45, 7) is 0.206. The normalized spacial score (nSPS) is 14.9. The van der Waals surface area contributed by atoms with Crippen LogP contribution in [0.1, 0.15) is 30.1 Å². The summed E-state index contributed by atoms with van der Waals surface area (Å²) in [6, 6.07) is 11.4. The van der Waals surface area contributed by atoms with Gasteiger partial charge in [0.2, 0.25) is 5.91 Å². The van der Waals surface area contributed by atoms with Crippen molar-refractivity contribution in [2.24, 2.45) is 7.05 Å². The minimum Gasteiger partial charge on any atom is -0.469 e. The van der Waals surface area contributed by atoms with Crippen molar-refractivity contribution < 1.29 is 14.3 Å². The first-order valence-corrected chi connectivity index (χ1v) is 9.17. The van der Waals surface area contributed by atoms with Crippen LogP contribution in [0, 0.1) is 0 Å². The van der Waals surface area contributed by atoms with Crippen LogP contribution in [0.4, 0.5) is 0 Å². The van der Waals surface area contributed by atoms with Crippen molar-refractivity contribution in [1.82, 2.24) is 19.2 Å². The summed E-state index contributed by atoms with van der Waals surface area (Å²) in [7, 11) is 2.66. The number of carbonyl (C=O) groups excluding carboxylic acids is 2. The average Bonchev–Trinajstić information content (AvgIpc) is 2.86. The number of aromatic nitrogens is 3. The van der Waals surface area contributed by atoms with E-state index in [-0.39, 0.29) is 19.4 Å². The Morgan fingerprint density at radius 1 is 1.10 bits per heavy atom. The number of fused-ring (bicyclic) bond motifs is 1. The number of ether oxygens (including phenoxy) is 1. The maximum Gasteiger partial charge on any atom is 0.349 e. The highest BCUT2D eigenvalue weighted by atomic mass is 16.5. The van der Waals surface area contributed by atoms with Crippen LogP contribution in [0.2, 0.25) is 0 Å². The van der Waals surface area contributed by atoms with Crippen LogP contribution in [0.5, 0.6) is 0 Å². The largest absolute Gasteiger partial charge is 0.469 e. The monoisotopic (exact) mass is 396 g/mol. The Hall–Kier alpha value is -3.62. The van der Waals surface area contributed by atoms with E-state index in [4.69, 9.17) is 0 Å². The van der Waals surface area contributed by atoms with Crippen LogP contribution in [-0.4, -0.2) is 32.9 Å². The molecular formula is C20H20N4O5. The molecule has 1 aromatic heterocycles. The molecule has 0 saturated carbocycles. The molecule has 0 spiro atoms. The van der Waals surface area contributed by atoms with E-state index < -0.39 is 29.4 Å². The number of hydrogen-bond donors (Lipinski definition) is 1. The molecule has 3 aromatic rings. The van der Waals surface area contributed by atoms with E-state index >= 15 is 0 Å². The summed E-state index contributed by atoms with van der Waals surface area (Å²) in [5.41, 5.74) is 0.598. The Bertz CT molecular complexity index is 1240. The van der Waals surface area contributed by atoms with E-state index in [9.17, 15) is 19.2 Å². The number of carbonyl (C=O) groups is 2. The van der Waals surface area contributed by atoms with Crippen LogP contribution in [0.3, 0.4) is 0 Å². The molecule has 29 heavy (non-hydrogen) atoms. The number of esters is 1. The molecule has 1 N–H and O–H groups in total. The number of methoxy groups -OCH3 is 1. The van der Waals surface area contributed by atoms with Crippen LogP contribution in [0.15, 0.2) is 46.0 Å². The van der Waals surface area contributed by atoms with Gasteiger partial charge in [0.05, 0.1) is 20.1 Å². The van der Waals surface area contributed by atoms with E-state index in [0.29, 0.717) is 5.56 Å². The van der Waals surface area contributed by atoms with Gasteiger partial charge in [0.1, 0.15) is 0 Å². The summed E-state index contributed by atoms with van der Waals surface area (Å²) in [4.78, 5) is 49.4. The third kappa shape index (κ3) is 3.04. The minimum absolute atomic E-state index is 0.0770. The first-order valence-electron chi connectivity index (χ1n) is 9.17. The van der Waals surface area contributed by atoms with Crippen LogP contribution in [0.25, 0.3) is 10.8 Å². The molecule has 150 valence electrons. The fraction of sp³-hybridized carbons (Fsp3) is 0.300. The number of nitrogens with zero attached hydrogens (tertiary/aromatic N) is 3. The minimum atomic E-state index is -0.881. The summed E-state index contributed by atoms with van der Waals surface area (Å²) in [5, 5.41) is 4.66. The zero-order chi connectivity index (χ0) is 20.7. The fourth-order valence-electron chi connectivity index (χ4n) is 3.78. The first-order chi connectivity index (χ1) is 13.9. The fourth-order valence-corrected chi connectivity index (χ4v) is 3.78. The van der Waals surface area contributed by atoms with Crippen molar-refractivity contribution >= 4 is 22.6 Å². The van der Waals surface area contributed by atoms with Gasteiger partial charge in [-0.1, -0.05) is 36.4 Å². The third-order valence-electron chi connectivity index (χ3n) is 5.21. The Kier molecular flexibility index (Phi) is 4.57. The second-order valence-electron chi connectivity index (χ2n) is 6.94. The maximum atomic E-state index is 12.8. The SMILES string of the molecule is COC(=O)CCC(=O)NC1c2cccc3cccc(c23)Cn2c(=O)n(C)c(=O)n21. The smallest absolute Gasteiger partial charge is 0.349 e. The summed E-state index contributed by atoms with van der Waals surface area (Å²) in [5.74, 6) is -0.922. The van der Waals surface area contributed by atoms with Crippen molar-refractivity contribution in [3.8, 4) is 0 Å². The number of rotatable bonds is 4. The van der Waals surface area contributed by atoms with Crippen LogP contribution < -0.4 is 16.7 Å². The Labute approximate surface area is 165 Å². The zero-order valence-corrected chi connectivity index (χ0v) is 16.0. The van der Waals surface area contributed by atoms with Crippen molar-refractivity contribution in [2.75, 3.05) is 7.11 Å². The van der Waals surface area contributed by atoms with Gasteiger partial charge in [-0.15, -0.1) is 0 Å². The molecule has 9 nitrogen and oxygen atoms in total. The quantitative estimate of drug-likeness (QED) is 0.646. The van der Waals surface area contributed by atoms with E-state index in [2.05, 4.69) is 10.1 Å². The Balaban J connectivity index is 1.87. The molecule has 0 fully saturated rings. The predicted molar refractivity (Wildman–Crippen MR) is 105 cm³/mol. The van der Waals surface area contributed by atoms with Crippen molar-refractivity contribution in [3.63, 3.8) is 0 Å². The van der Waals surface area contributed by atoms with Crippen molar-refractivity contribution in [1.29, 1.82) is 0 Å². The molecule has 1 aliphatic heterocycles. The second-order valence-corrected chi connectivity index (χ2v) is 6.94. The summed E-state index contributed by atoms with van der Waals surface area (Å²) in [6.07, 6.45) is -1.05. The van der Waals surface area contributed by atoms with E-state index in [1.807, 2.05) is 36.4 Å². The molecule has 1 amide bonds. The lowest BCUT2D eigenvalue weighted by Crippen LogP contribution is -2.41. The molecule has 0 radical (unpaired) electrons. The van der Waals surface area contributed by atoms with Gasteiger partial charge in [0.15, 0.2) is 6.17 Å². The summed E-state index contributed by atoms with van der Waals surface area (Å²) >= 11 is 0. The van der Waals surface area contributed by atoms with Crippen molar-refractivity contribution in [2.45, 2.75) is 25.6 Å². The molecule has 2 heterocycles. The molecule has 1 atom stereocenters. The molecule has 0 saturated heterocycles. The van der Waals surface area contributed by atoms with Crippen molar-refractivity contribution in [3.05, 3.63) is 68.5 Å². The van der Waals surface area contributed by atoms with Gasteiger partial charge in [-0.2, -0.15) is 0 Å². The number of nitrogens with one attached hydrogen (secondary N) is 1. The zero-order valence-electron chi connectivity index (χ0n) is 16.0. The molecule has 1 unspecified atom stereocenters. The summed E-state index contributed by atoms with van der Waals surface area (Å²) < 4.78 is 8.20. The lowest BCUT2D eigenvalue weighted by Gasteiger charge is -2.21. The number of amides is 1. The highest BCUT2D eigenvalue weighted by Gasteiger charge is 2.29. The Morgan fingerprint density at radius 2 is 1.83 bits per heavy atom. The first kappa shape index (κ1) is 18.7. The molecule has 0 bridgehead atoms. The second kappa shape index (κ2) is 7.08. The third-order valence-corrected chi connectivity index (χ3v) is 5.21. The van der Waals surface area contributed by atoms with Crippen LogP contribution >= 0.6 is 0 Å². The van der Waals surface area contributed by atoms with E-state index in [0.717, 1.165) is 20.9 Å². The standard InChI is InChI=1S/C20H20N4O5/c1-22-19(27)23-11-13-7-3-5-12-6-4-8-14(17(12)13)18(24(23)20(22)28)21-15(25)9-10-16(26)29-2/h3-8,18H,9-11H2,1-2H3,(H,21,25). The predicted octanol–water partition coefficient (Wildman–Crippen LogP) is 0.480. The maximum absolute atomic E-state index is 12.8. The van der Waals surface area contributed by atoms with Gasteiger partial charge in [-0.3, -0.25) is 9.59 Å². The molecule has 9 heteroatoms. The molecule has 0 aliphatic carbocycles.